The predicted molar refractivity (Wildman–Crippen MR) is 269 cm³/mol. The smallest absolute Gasteiger partial charge is 0.220 e. The lowest BCUT2D eigenvalue weighted by atomic mass is 9.97. The molecule has 0 saturated heterocycles. The zero-order valence-electron chi connectivity index (χ0n) is 33.5. The Bertz CT molecular complexity index is 2570. The van der Waals surface area contributed by atoms with E-state index in [2.05, 4.69) is 137 Å². The van der Waals surface area contributed by atoms with Gasteiger partial charge in [-0.25, -0.2) is 0 Å². The Balaban J connectivity index is 1.000. The first kappa shape index (κ1) is 41.2. The van der Waals surface area contributed by atoms with Crippen molar-refractivity contribution in [3.8, 4) is 22.3 Å². The van der Waals surface area contributed by atoms with Gasteiger partial charge in [0.2, 0.25) is 8.77 Å². The van der Waals surface area contributed by atoms with Gasteiger partial charge < -0.3 is 9.47 Å². The van der Waals surface area contributed by atoms with Gasteiger partial charge in [0.1, 0.15) is 12.2 Å². The molecule has 8 rings (SSSR count). The van der Waals surface area contributed by atoms with Crippen molar-refractivity contribution in [2.45, 2.75) is 78.4 Å². The maximum absolute atomic E-state index is 6.22. The molecule has 0 aliphatic rings. The first-order chi connectivity index (χ1) is 28.3. The van der Waals surface area contributed by atoms with E-state index in [0.29, 0.717) is 8.77 Å². The molecule has 8 aromatic rings. The molecule has 0 bridgehead atoms. The van der Waals surface area contributed by atoms with Crippen molar-refractivity contribution in [2.75, 3.05) is 11.5 Å². The first-order valence-electron chi connectivity index (χ1n) is 20.5. The summed E-state index contributed by atoms with van der Waals surface area (Å²) in [6.07, 6.45) is 6.34. The zero-order chi connectivity index (χ0) is 40.2. The number of unbranched alkanes of at least 4 members (excludes halogenated alkanes) is 2. The lowest BCUT2D eigenvalue weighted by Crippen LogP contribution is -2.07. The van der Waals surface area contributed by atoms with Crippen molar-refractivity contribution in [1.29, 1.82) is 0 Å². The summed E-state index contributed by atoms with van der Waals surface area (Å²) < 4.78 is 19.2. The molecule has 2 unspecified atom stereocenters. The molecule has 0 aliphatic heterocycles. The third-order valence-electron chi connectivity index (χ3n) is 10.9. The second-order valence-corrected chi connectivity index (χ2v) is 20.4. The van der Waals surface area contributed by atoms with Gasteiger partial charge in [0, 0.05) is 31.7 Å². The quantitative estimate of drug-likeness (QED) is 0.0795. The highest BCUT2D eigenvalue weighted by Crippen LogP contribution is 2.46. The highest BCUT2D eigenvalue weighted by Gasteiger charge is 2.17. The number of ether oxygens (including phenoxy) is 2. The van der Waals surface area contributed by atoms with Gasteiger partial charge in [0.05, 0.1) is 9.40 Å². The maximum atomic E-state index is 6.22. The van der Waals surface area contributed by atoms with Gasteiger partial charge in [-0.2, -0.15) is 0 Å². The normalized spacial score (nSPS) is 12.8. The molecule has 0 fully saturated rings. The standard InChI is InChI=1S/C50H48O2S6/c1-5-9-23-55-49(53)51-43(7-3)39-17-15-31-25-33(11-13-35(31)27-39)37-19-21-41-45(29-37)57-48-42-22-20-38(30-46(42)58-47(41)48)34-12-14-36-28-40(18-16-32(36)26-34)44(8-4)52-50(54)56-24-10-6-2/h11-22,25-30,43-44H,5-10,23-24H2,1-4H3. The Morgan fingerprint density at radius 3 is 1.29 bits per heavy atom. The van der Waals surface area contributed by atoms with Gasteiger partial charge in [-0.15, -0.1) is 22.7 Å². The van der Waals surface area contributed by atoms with Crippen LogP contribution in [0, 0.1) is 0 Å². The Hall–Kier alpha value is -3.50. The largest absolute Gasteiger partial charge is 0.470 e. The molecule has 296 valence electrons. The van der Waals surface area contributed by atoms with E-state index in [1.165, 1.54) is 97.3 Å². The van der Waals surface area contributed by atoms with Crippen LogP contribution in [0.1, 0.15) is 89.6 Å². The van der Waals surface area contributed by atoms with E-state index >= 15 is 0 Å². The van der Waals surface area contributed by atoms with E-state index in [1.54, 1.807) is 23.5 Å². The molecule has 2 atom stereocenters. The van der Waals surface area contributed by atoms with Crippen molar-refractivity contribution in [2.24, 2.45) is 0 Å². The third-order valence-corrected chi connectivity index (χ3v) is 15.9. The van der Waals surface area contributed by atoms with E-state index < -0.39 is 0 Å². The van der Waals surface area contributed by atoms with Crippen LogP contribution in [0.4, 0.5) is 0 Å². The molecule has 0 aliphatic carbocycles. The van der Waals surface area contributed by atoms with Crippen molar-refractivity contribution < 1.29 is 9.47 Å². The Morgan fingerprint density at radius 1 is 0.500 bits per heavy atom. The monoisotopic (exact) mass is 872 g/mol. The fraction of sp³-hybridized carbons (Fsp3) is 0.280. The first-order valence-corrected chi connectivity index (χ1v) is 24.9. The highest BCUT2D eigenvalue weighted by molar-refractivity contribution is 8.22. The maximum Gasteiger partial charge on any atom is 0.220 e. The zero-order valence-corrected chi connectivity index (χ0v) is 38.4. The minimum Gasteiger partial charge on any atom is -0.470 e. The summed E-state index contributed by atoms with van der Waals surface area (Å²) in [6.45, 7) is 8.73. The van der Waals surface area contributed by atoms with Crippen LogP contribution in [-0.2, 0) is 9.47 Å². The van der Waals surface area contributed by atoms with Gasteiger partial charge in [0.15, 0.2) is 0 Å². The molecule has 2 aromatic heterocycles. The van der Waals surface area contributed by atoms with E-state index in [9.17, 15) is 0 Å². The minimum absolute atomic E-state index is 0.0271. The van der Waals surface area contributed by atoms with Crippen LogP contribution in [0.2, 0.25) is 0 Å². The summed E-state index contributed by atoms with van der Waals surface area (Å²) in [5.41, 5.74) is 7.31. The summed E-state index contributed by atoms with van der Waals surface area (Å²) in [5, 5.41) is 7.58. The lowest BCUT2D eigenvalue weighted by molar-refractivity contribution is 0.200. The molecule has 2 heterocycles. The van der Waals surface area contributed by atoms with Gasteiger partial charge >= 0.3 is 0 Å². The van der Waals surface area contributed by atoms with Crippen LogP contribution in [0.5, 0.6) is 0 Å². The number of hydrogen-bond acceptors (Lipinski definition) is 8. The fourth-order valence-electron chi connectivity index (χ4n) is 7.58. The summed E-state index contributed by atoms with van der Waals surface area (Å²) in [6, 6.07) is 41.0. The van der Waals surface area contributed by atoms with Crippen molar-refractivity contribution in [3.63, 3.8) is 0 Å². The molecule has 0 amide bonds. The number of thioether (sulfide) groups is 2. The SMILES string of the molecule is CCCCSC(=S)OC(CC)c1ccc2cc(-c3ccc4c(c3)sc3c5ccc(-c6ccc7cc(C(CC)OC(=S)SCCCC)ccc7c6)cc5sc43)ccc2c1. The summed E-state index contributed by atoms with van der Waals surface area (Å²) in [5.74, 6) is 2.03. The lowest BCUT2D eigenvalue weighted by Gasteiger charge is -2.18. The number of benzene rings is 6. The second kappa shape index (κ2) is 18.8. The van der Waals surface area contributed by atoms with Crippen molar-refractivity contribution >= 4 is 131 Å². The minimum atomic E-state index is -0.0271. The number of hydrogen-bond donors (Lipinski definition) is 0. The van der Waals surface area contributed by atoms with Crippen molar-refractivity contribution in [1.82, 2.24) is 0 Å². The molecule has 6 aromatic carbocycles. The van der Waals surface area contributed by atoms with Crippen LogP contribution >= 0.6 is 70.6 Å². The Labute approximate surface area is 369 Å². The molecule has 0 radical (unpaired) electrons. The molecule has 0 saturated carbocycles. The predicted octanol–water partition coefficient (Wildman–Crippen LogP) is 17.5. The molecule has 8 heteroatoms. The van der Waals surface area contributed by atoms with E-state index in [4.69, 9.17) is 33.9 Å². The van der Waals surface area contributed by atoms with Gasteiger partial charge in [-0.1, -0.05) is 137 Å². The summed E-state index contributed by atoms with van der Waals surface area (Å²) in [7, 11) is 0. The molecule has 2 nitrogen and oxygen atoms in total. The highest BCUT2D eigenvalue weighted by atomic mass is 32.2. The number of rotatable bonds is 14. The van der Waals surface area contributed by atoms with Crippen LogP contribution in [0.3, 0.4) is 0 Å². The topological polar surface area (TPSA) is 18.5 Å². The molecular formula is C50H48O2S6. The summed E-state index contributed by atoms with van der Waals surface area (Å²) >= 11 is 18.2. The Kier molecular flexibility index (Phi) is 13.4. The Morgan fingerprint density at radius 2 is 0.879 bits per heavy atom. The van der Waals surface area contributed by atoms with E-state index in [0.717, 1.165) is 37.2 Å². The molecule has 0 N–H and O–H groups in total. The molecular weight excluding hydrogens is 825 g/mol. The molecule has 0 spiro atoms. The third kappa shape index (κ3) is 8.98. The second-order valence-electron chi connectivity index (χ2n) is 14.9. The molecule has 58 heavy (non-hydrogen) atoms. The number of fused-ring (bicyclic) bond motifs is 7. The van der Waals surface area contributed by atoms with Crippen LogP contribution < -0.4 is 0 Å². The number of thiophene rings is 2. The van der Waals surface area contributed by atoms with Crippen molar-refractivity contribution in [3.05, 3.63) is 120 Å². The van der Waals surface area contributed by atoms with Crippen LogP contribution in [0.15, 0.2) is 109 Å². The van der Waals surface area contributed by atoms with Gasteiger partial charge in [0.25, 0.3) is 0 Å². The van der Waals surface area contributed by atoms with Gasteiger partial charge in [-0.05, 0) is 141 Å². The average Bonchev–Trinajstić information content (AvgIpc) is 3.79. The summed E-state index contributed by atoms with van der Waals surface area (Å²) in [4.78, 5) is 0. The van der Waals surface area contributed by atoms with E-state index in [1.807, 2.05) is 22.7 Å². The number of thiocarbonyl (C=S) groups is 2. The average molecular weight is 873 g/mol. The van der Waals surface area contributed by atoms with E-state index in [-0.39, 0.29) is 12.2 Å². The van der Waals surface area contributed by atoms with Crippen LogP contribution in [-0.4, -0.2) is 20.3 Å². The van der Waals surface area contributed by atoms with Crippen LogP contribution in [0.25, 0.3) is 73.4 Å². The fourth-order valence-corrected chi connectivity index (χ4v) is 12.6. The van der Waals surface area contributed by atoms with Gasteiger partial charge in [-0.3, -0.25) is 0 Å².